The van der Waals surface area contributed by atoms with E-state index < -0.39 is 64.6 Å². The molecule has 3 aliphatic carbocycles. The summed E-state index contributed by atoms with van der Waals surface area (Å²) in [6.45, 7) is 79.4. The molecule has 3 aliphatic rings. The Labute approximate surface area is 408 Å². The maximum atomic E-state index is 2.78. The molecule has 2 aromatic carbocycles. The summed E-state index contributed by atoms with van der Waals surface area (Å²) in [5.41, 5.74) is 13.0. The van der Waals surface area contributed by atoms with E-state index in [2.05, 4.69) is 259 Å². The summed E-state index contributed by atoms with van der Waals surface area (Å²) >= 11 is 0. The molecule has 0 fully saturated rings. The van der Waals surface area contributed by atoms with Gasteiger partial charge in [0, 0.05) is 75.4 Å². The number of benzene rings is 2. The Bertz CT molecular complexity index is 1780. The first kappa shape index (κ1) is 56.0. The molecule has 0 saturated carbocycles. The van der Waals surface area contributed by atoms with Crippen LogP contribution in [0.25, 0.3) is 0 Å². The van der Waals surface area contributed by atoms with Crippen LogP contribution < -0.4 is 0 Å². The molecule has 8 heteroatoms. The maximum Gasteiger partial charge on any atom is 0.0500 e. The maximum absolute atomic E-state index is 2.78. The van der Waals surface area contributed by atoms with Crippen molar-refractivity contribution in [3.63, 3.8) is 0 Å². The second-order valence-electron chi connectivity index (χ2n) is 32.1. The summed E-state index contributed by atoms with van der Waals surface area (Å²) in [5.74, 6) is 0. The first-order chi connectivity index (χ1) is 28.0. The van der Waals surface area contributed by atoms with Gasteiger partial charge in [0.15, 0.2) is 0 Å². The highest BCUT2D eigenvalue weighted by molar-refractivity contribution is 6.98. The van der Waals surface area contributed by atoms with Crippen molar-refractivity contribution in [1.82, 2.24) is 0 Å². The van der Waals surface area contributed by atoms with E-state index in [1.54, 1.807) is 44.5 Å². The fraction of sp³-hybridized carbons (Fsp3) is 0.679. The van der Waals surface area contributed by atoms with Crippen LogP contribution in [0.15, 0.2) is 60.7 Å². The van der Waals surface area contributed by atoms with E-state index in [1.807, 2.05) is 0 Å². The minimum atomic E-state index is -1.70. The van der Waals surface area contributed by atoms with E-state index in [9.17, 15) is 0 Å². The normalized spacial score (nSPS) is 20.8. The van der Waals surface area contributed by atoms with Crippen LogP contribution in [0.3, 0.4) is 0 Å². The molecule has 0 unspecified atom stereocenters. The zero-order chi connectivity index (χ0) is 50.0. The summed E-state index contributed by atoms with van der Waals surface area (Å²) in [7, 11) is -13.6. The minimum absolute atomic E-state index is 0.0704. The van der Waals surface area contributed by atoms with Crippen LogP contribution in [-0.4, -0.2) is 64.6 Å². The van der Waals surface area contributed by atoms with E-state index >= 15 is 0 Å². The van der Waals surface area contributed by atoms with Gasteiger partial charge in [-0.2, -0.15) is 0 Å². The highest BCUT2D eigenvalue weighted by Crippen LogP contribution is 2.57. The average molecular weight is 1000 g/mol. The lowest BCUT2D eigenvalue weighted by atomic mass is 9.60. The van der Waals surface area contributed by atoms with Crippen molar-refractivity contribution < 1.29 is 0 Å². The Morgan fingerprint density at radius 1 is 0.281 bits per heavy atom. The van der Waals surface area contributed by atoms with E-state index in [0.29, 0.717) is 20.7 Å². The van der Waals surface area contributed by atoms with E-state index in [-0.39, 0.29) is 21.7 Å². The highest BCUT2D eigenvalue weighted by atomic mass is 28.4. The SMILES string of the molecule is CC(C)(C)c1cc(C([Si](C)(C)C)[Si](C)(C)C)c(C23C=CC(c4c(C([Si](C)(C)C)[Si](C)(C)C)cc(C(C)(C)C)cc4C([Si](C)(C)C)[Si](C)(C)C)(C=C2)C=C3)c(C([Si](C)(C)C)[Si](C)(C)C)c1. The largest absolute Gasteiger partial charge is 0.0693 e. The van der Waals surface area contributed by atoms with Crippen LogP contribution in [-0.2, 0) is 21.7 Å². The quantitative estimate of drug-likeness (QED) is 0.131. The van der Waals surface area contributed by atoms with Crippen LogP contribution >= 0.6 is 0 Å². The number of hydrogen-bond donors (Lipinski definition) is 0. The summed E-state index contributed by atoms with van der Waals surface area (Å²) in [4.78, 5) is 0. The predicted molar refractivity (Wildman–Crippen MR) is 319 cm³/mol. The predicted octanol–water partition coefficient (Wildman–Crippen LogP) is 18.5. The molecule has 360 valence electrons. The molecule has 0 heterocycles. The van der Waals surface area contributed by atoms with Gasteiger partial charge in [0.1, 0.15) is 0 Å². The fourth-order valence-corrected chi connectivity index (χ4v) is 65.6. The van der Waals surface area contributed by atoms with Gasteiger partial charge in [0.2, 0.25) is 0 Å². The number of allylic oxidation sites excluding steroid dienone is 6. The number of rotatable bonds is 14. The van der Waals surface area contributed by atoms with Gasteiger partial charge in [0.25, 0.3) is 0 Å². The average Bonchev–Trinajstić information content (AvgIpc) is 2.99. The molecule has 0 nitrogen and oxygen atoms in total. The lowest BCUT2D eigenvalue weighted by molar-refractivity contribution is 0.585. The third kappa shape index (κ3) is 11.4. The molecular weight excluding hydrogens is 897 g/mol. The molecule has 0 aromatic heterocycles. The smallest absolute Gasteiger partial charge is 0.0500 e. The fourth-order valence-electron chi connectivity index (χ4n) is 14.7. The lowest BCUT2D eigenvalue weighted by Gasteiger charge is -2.51. The van der Waals surface area contributed by atoms with Gasteiger partial charge in [-0.05, 0) is 76.0 Å². The second-order valence-corrected chi connectivity index (χ2v) is 76.9. The third-order valence-electron chi connectivity index (χ3n) is 15.1. The first-order valence-corrected chi connectivity index (χ1v) is 54.1. The van der Waals surface area contributed by atoms with E-state index in [1.165, 1.54) is 0 Å². The molecule has 0 N–H and O–H groups in total. The number of hydrogen-bond acceptors (Lipinski definition) is 0. The van der Waals surface area contributed by atoms with Crippen LogP contribution in [0.5, 0.6) is 0 Å². The van der Waals surface area contributed by atoms with Crippen molar-refractivity contribution in [3.8, 4) is 0 Å². The van der Waals surface area contributed by atoms with Crippen molar-refractivity contribution in [2.45, 2.75) is 241 Å². The van der Waals surface area contributed by atoms with Gasteiger partial charge in [0.05, 0.1) is 0 Å². The zero-order valence-electron chi connectivity index (χ0n) is 48.1. The summed E-state index contributed by atoms with van der Waals surface area (Å²) < 4.78 is 0. The molecule has 0 amide bonds. The zero-order valence-corrected chi connectivity index (χ0v) is 56.1. The summed E-state index contributed by atoms with van der Waals surface area (Å²) in [6.07, 6.45) is 16.7. The lowest BCUT2D eigenvalue weighted by Crippen LogP contribution is -2.51. The molecule has 0 radical (unpaired) electrons. The van der Waals surface area contributed by atoms with Gasteiger partial charge in [-0.3, -0.25) is 0 Å². The molecule has 0 aliphatic heterocycles. The van der Waals surface area contributed by atoms with Crippen molar-refractivity contribution in [2.24, 2.45) is 0 Å². The molecule has 2 bridgehead atoms. The summed E-state index contributed by atoms with van der Waals surface area (Å²) in [5, 5.41) is 2.57. The van der Waals surface area contributed by atoms with Gasteiger partial charge in [-0.1, -0.05) is 259 Å². The van der Waals surface area contributed by atoms with Gasteiger partial charge in [-0.15, -0.1) is 0 Å². The van der Waals surface area contributed by atoms with E-state index in [4.69, 9.17) is 0 Å². The molecule has 64 heavy (non-hydrogen) atoms. The van der Waals surface area contributed by atoms with Crippen LogP contribution in [0.4, 0.5) is 0 Å². The Morgan fingerprint density at radius 3 is 0.531 bits per heavy atom. The highest BCUT2D eigenvalue weighted by Gasteiger charge is 2.53. The standard InChI is InChI=1S/C56H104Si8/c1-53(2,3)41-37-43(49(57(7,8)9)58(10,11)12)47(44(38-41)50(59(13,14)15)60(16,17)18)55-31-34-56(35-32-55,36-33-55)48-45(51(61(19,20)21)62(22,23)24)39-42(54(4,5)6)40-46(48)52(63(25,26)27)64(28,29)30/h31-40,49-52H,1-30H3. The monoisotopic (exact) mass is 1000 g/mol. The topological polar surface area (TPSA) is 0 Å². The van der Waals surface area contributed by atoms with Crippen molar-refractivity contribution in [3.05, 3.63) is 105 Å². The van der Waals surface area contributed by atoms with Gasteiger partial charge < -0.3 is 0 Å². The van der Waals surface area contributed by atoms with Crippen LogP contribution in [0.2, 0.25) is 157 Å². The molecule has 0 saturated heterocycles. The van der Waals surface area contributed by atoms with E-state index in [0.717, 1.165) is 0 Å². The molecule has 0 atom stereocenters. The van der Waals surface area contributed by atoms with Gasteiger partial charge >= 0.3 is 0 Å². The minimum Gasteiger partial charge on any atom is -0.0693 e. The molecule has 5 rings (SSSR count). The Hall–Kier alpha value is -0.605. The second kappa shape index (κ2) is 17.1. The molecule has 0 spiro atoms. The van der Waals surface area contributed by atoms with Crippen molar-refractivity contribution in [1.29, 1.82) is 0 Å². The van der Waals surface area contributed by atoms with Crippen LogP contribution in [0, 0.1) is 0 Å². The first-order valence-electron chi connectivity index (χ1n) is 25.5. The van der Waals surface area contributed by atoms with Crippen molar-refractivity contribution >= 4 is 64.6 Å². The Balaban J connectivity index is 2.35. The third-order valence-corrected chi connectivity index (χ3v) is 52.2. The molecule has 2 aromatic rings. The summed E-state index contributed by atoms with van der Waals surface area (Å²) in [6, 6.07) is 11.1. The van der Waals surface area contributed by atoms with Crippen LogP contribution in [0.1, 0.15) is 107 Å². The van der Waals surface area contributed by atoms with Gasteiger partial charge in [-0.25, -0.2) is 0 Å². The Morgan fingerprint density at radius 2 is 0.422 bits per heavy atom. The molecular formula is C56H104Si8. The Kier molecular flexibility index (Phi) is 14.9. The van der Waals surface area contributed by atoms with Crippen molar-refractivity contribution in [2.75, 3.05) is 0 Å².